The predicted octanol–water partition coefficient (Wildman–Crippen LogP) is 3.92. The van der Waals surface area contributed by atoms with Crippen LogP contribution in [-0.2, 0) is 6.54 Å². The average molecular weight is 286 g/mol. The number of hydrogen-bond acceptors (Lipinski definition) is 3. The topological polar surface area (TPSA) is 33.1 Å². The molecule has 1 heterocycles. The Balaban J connectivity index is 2.02. The van der Waals surface area contributed by atoms with E-state index in [0.717, 1.165) is 25.3 Å². The molecule has 0 aliphatic rings. The van der Waals surface area contributed by atoms with E-state index in [-0.39, 0.29) is 6.04 Å². The standard InChI is InChI=1S/C17H26N4/c1-5-20(6-2)17-10-8-16(9-11-17)19-14(4)15-12-18-21(7-3)13-15/h8-14,19H,5-7H2,1-4H3. The summed E-state index contributed by atoms with van der Waals surface area (Å²) in [5.74, 6) is 0. The first-order valence-corrected chi connectivity index (χ1v) is 7.81. The fraction of sp³-hybridized carbons (Fsp3) is 0.471. The van der Waals surface area contributed by atoms with Gasteiger partial charge in [0, 0.05) is 42.8 Å². The van der Waals surface area contributed by atoms with E-state index in [1.807, 2.05) is 10.9 Å². The molecule has 0 saturated carbocycles. The van der Waals surface area contributed by atoms with E-state index in [4.69, 9.17) is 0 Å². The Morgan fingerprint density at radius 2 is 1.81 bits per heavy atom. The minimum Gasteiger partial charge on any atom is -0.378 e. The number of rotatable bonds is 7. The van der Waals surface area contributed by atoms with Gasteiger partial charge in [0.25, 0.3) is 0 Å². The summed E-state index contributed by atoms with van der Waals surface area (Å²) in [6.45, 7) is 11.6. The van der Waals surface area contributed by atoms with Crippen LogP contribution in [0.15, 0.2) is 36.7 Å². The Kier molecular flexibility index (Phi) is 5.26. The average Bonchev–Trinajstić information content (AvgIpc) is 2.99. The second-order valence-electron chi connectivity index (χ2n) is 5.21. The summed E-state index contributed by atoms with van der Waals surface area (Å²) >= 11 is 0. The third kappa shape index (κ3) is 3.78. The van der Waals surface area contributed by atoms with Crippen LogP contribution in [0.5, 0.6) is 0 Å². The third-order valence-corrected chi connectivity index (χ3v) is 3.86. The van der Waals surface area contributed by atoms with Crippen molar-refractivity contribution in [3.05, 3.63) is 42.2 Å². The Morgan fingerprint density at radius 3 is 2.33 bits per heavy atom. The highest BCUT2D eigenvalue weighted by Crippen LogP contribution is 2.22. The molecule has 0 amide bonds. The number of benzene rings is 1. The van der Waals surface area contributed by atoms with Crippen molar-refractivity contribution in [3.63, 3.8) is 0 Å². The maximum atomic E-state index is 4.33. The van der Waals surface area contributed by atoms with Crippen LogP contribution >= 0.6 is 0 Å². The maximum Gasteiger partial charge on any atom is 0.0542 e. The number of anilines is 2. The molecule has 0 aliphatic carbocycles. The van der Waals surface area contributed by atoms with Crippen molar-refractivity contribution >= 4 is 11.4 Å². The van der Waals surface area contributed by atoms with Gasteiger partial charge in [-0.15, -0.1) is 0 Å². The van der Waals surface area contributed by atoms with Gasteiger partial charge in [-0.05, 0) is 52.0 Å². The summed E-state index contributed by atoms with van der Waals surface area (Å²) in [7, 11) is 0. The van der Waals surface area contributed by atoms with E-state index in [2.05, 4.69) is 73.5 Å². The fourth-order valence-corrected chi connectivity index (χ4v) is 2.47. The molecule has 2 aromatic rings. The Bertz CT molecular complexity index is 540. The first-order valence-electron chi connectivity index (χ1n) is 7.81. The van der Waals surface area contributed by atoms with Crippen LogP contribution in [0.1, 0.15) is 39.3 Å². The second kappa shape index (κ2) is 7.16. The summed E-state index contributed by atoms with van der Waals surface area (Å²) in [6, 6.07) is 8.90. The van der Waals surface area contributed by atoms with E-state index in [1.165, 1.54) is 11.3 Å². The highest BCUT2D eigenvalue weighted by molar-refractivity contribution is 5.55. The number of aryl methyl sites for hydroxylation is 1. The van der Waals surface area contributed by atoms with E-state index in [0.29, 0.717) is 0 Å². The summed E-state index contributed by atoms with van der Waals surface area (Å²) in [5.41, 5.74) is 3.63. The van der Waals surface area contributed by atoms with Crippen molar-refractivity contribution in [2.24, 2.45) is 0 Å². The molecule has 114 valence electrons. The molecule has 0 fully saturated rings. The number of hydrogen-bond donors (Lipinski definition) is 1. The molecule has 1 aromatic carbocycles. The van der Waals surface area contributed by atoms with Crippen molar-refractivity contribution in [2.75, 3.05) is 23.3 Å². The second-order valence-corrected chi connectivity index (χ2v) is 5.21. The molecule has 4 heteroatoms. The Hall–Kier alpha value is -1.97. The Labute approximate surface area is 127 Å². The lowest BCUT2D eigenvalue weighted by atomic mass is 10.1. The van der Waals surface area contributed by atoms with Gasteiger partial charge in [0.15, 0.2) is 0 Å². The molecule has 2 rings (SSSR count). The molecule has 1 atom stereocenters. The van der Waals surface area contributed by atoms with Gasteiger partial charge in [-0.3, -0.25) is 4.68 Å². The van der Waals surface area contributed by atoms with Crippen molar-refractivity contribution in [3.8, 4) is 0 Å². The predicted molar refractivity (Wildman–Crippen MR) is 89.9 cm³/mol. The maximum absolute atomic E-state index is 4.33. The zero-order chi connectivity index (χ0) is 15.2. The minimum atomic E-state index is 0.254. The molecular weight excluding hydrogens is 260 g/mol. The molecule has 21 heavy (non-hydrogen) atoms. The third-order valence-electron chi connectivity index (χ3n) is 3.86. The molecule has 1 aromatic heterocycles. The van der Waals surface area contributed by atoms with E-state index in [9.17, 15) is 0 Å². The fourth-order valence-electron chi connectivity index (χ4n) is 2.47. The summed E-state index contributed by atoms with van der Waals surface area (Å²) in [4.78, 5) is 2.35. The van der Waals surface area contributed by atoms with Crippen LogP contribution in [0.25, 0.3) is 0 Å². The normalized spacial score (nSPS) is 12.2. The number of nitrogens with zero attached hydrogens (tertiary/aromatic N) is 3. The smallest absolute Gasteiger partial charge is 0.0542 e. The van der Waals surface area contributed by atoms with Gasteiger partial charge in [0.2, 0.25) is 0 Å². The molecule has 1 unspecified atom stereocenters. The van der Waals surface area contributed by atoms with Gasteiger partial charge in [-0.1, -0.05) is 0 Å². The molecule has 4 nitrogen and oxygen atoms in total. The van der Waals surface area contributed by atoms with Crippen molar-refractivity contribution in [1.29, 1.82) is 0 Å². The monoisotopic (exact) mass is 286 g/mol. The van der Waals surface area contributed by atoms with Crippen molar-refractivity contribution < 1.29 is 0 Å². The molecule has 0 saturated heterocycles. The molecule has 0 aliphatic heterocycles. The van der Waals surface area contributed by atoms with Crippen LogP contribution in [0.3, 0.4) is 0 Å². The van der Waals surface area contributed by atoms with E-state index < -0.39 is 0 Å². The largest absolute Gasteiger partial charge is 0.378 e. The Morgan fingerprint density at radius 1 is 1.14 bits per heavy atom. The first-order chi connectivity index (χ1) is 10.2. The SMILES string of the molecule is CCN(CC)c1ccc(NC(C)c2cnn(CC)c2)cc1. The van der Waals surface area contributed by atoms with Gasteiger partial charge in [-0.25, -0.2) is 0 Å². The summed E-state index contributed by atoms with van der Waals surface area (Å²) < 4.78 is 1.96. The van der Waals surface area contributed by atoms with Crippen LogP contribution < -0.4 is 10.2 Å². The van der Waals surface area contributed by atoms with Gasteiger partial charge in [0.1, 0.15) is 0 Å². The van der Waals surface area contributed by atoms with Gasteiger partial charge >= 0.3 is 0 Å². The summed E-state index contributed by atoms with van der Waals surface area (Å²) in [6.07, 6.45) is 4.04. The molecule has 0 spiro atoms. The van der Waals surface area contributed by atoms with E-state index >= 15 is 0 Å². The molecule has 0 bridgehead atoms. The highest BCUT2D eigenvalue weighted by atomic mass is 15.3. The molecular formula is C17H26N4. The van der Waals surface area contributed by atoms with Crippen molar-refractivity contribution in [2.45, 2.75) is 40.3 Å². The van der Waals surface area contributed by atoms with Crippen LogP contribution in [0.2, 0.25) is 0 Å². The van der Waals surface area contributed by atoms with E-state index in [1.54, 1.807) is 0 Å². The summed E-state index contributed by atoms with van der Waals surface area (Å²) in [5, 5.41) is 7.85. The van der Waals surface area contributed by atoms with Gasteiger partial charge in [-0.2, -0.15) is 5.10 Å². The van der Waals surface area contributed by atoms with Crippen molar-refractivity contribution in [1.82, 2.24) is 9.78 Å². The lowest BCUT2D eigenvalue weighted by molar-refractivity contribution is 0.658. The zero-order valence-electron chi connectivity index (χ0n) is 13.5. The van der Waals surface area contributed by atoms with Crippen LogP contribution in [-0.4, -0.2) is 22.9 Å². The van der Waals surface area contributed by atoms with Gasteiger partial charge in [0.05, 0.1) is 12.2 Å². The molecule has 0 radical (unpaired) electrons. The highest BCUT2D eigenvalue weighted by Gasteiger charge is 2.08. The van der Waals surface area contributed by atoms with Crippen LogP contribution in [0.4, 0.5) is 11.4 Å². The minimum absolute atomic E-state index is 0.254. The number of nitrogens with one attached hydrogen (secondary N) is 1. The quantitative estimate of drug-likeness (QED) is 0.837. The lowest BCUT2D eigenvalue weighted by Gasteiger charge is -2.21. The van der Waals surface area contributed by atoms with Crippen LogP contribution in [0, 0.1) is 0 Å². The lowest BCUT2D eigenvalue weighted by Crippen LogP contribution is -2.21. The first kappa shape index (κ1) is 15.4. The number of aromatic nitrogens is 2. The van der Waals surface area contributed by atoms with Gasteiger partial charge < -0.3 is 10.2 Å². The zero-order valence-corrected chi connectivity index (χ0v) is 13.5. The molecule has 1 N–H and O–H groups in total.